The summed E-state index contributed by atoms with van der Waals surface area (Å²) in [6.07, 6.45) is 2.48. The van der Waals surface area contributed by atoms with Gasteiger partial charge in [0, 0.05) is 22.3 Å². The normalized spacial score (nSPS) is 29.0. The molecule has 0 aromatic heterocycles. The van der Waals surface area contributed by atoms with Gasteiger partial charge in [0.25, 0.3) is 5.91 Å². The van der Waals surface area contributed by atoms with Gasteiger partial charge in [0.15, 0.2) is 0 Å². The first-order valence-corrected chi connectivity index (χ1v) is 15.5. The Labute approximate surface area is 251 Å². The van der Waals surface area contributed by atoms with Crippen LogP contribution in [-0.4, -0.2) is 73.0 Å². The zero-order chi connectivity index (χ0) is 28.9. The van der Waals surface area contributed by atoms with E-state index in [0.29, 0.717) is 18.5 Å². The van der Waals surface area contributed by atoms with E-state index in [4.69, 9.17) is 0 Å². The molecule has 9 heteroatoms. The first kappa shape index (κ1) is 28.0. The van der Waals surface area contributed by atoms with E-state index in [1.54, 1.807) is 11.0 Å². The molecule has 41 heavy (non-hydrogen) atoms. The molecule has 6 rings (SSSR count). The van der Waals surface area contributed by atoms with Crippen LogP contribution in [-0.2, 0) is 20.8 Å². The number of anilines is 1. The van der Waals surface area contributed by atoms with Crippen molar-refractivity contribution in [1.82, 2.24) is 4.90 Å². The number of likely N-dealkylation sites (tertiary alicyclic amines) is 1. The predicted octanol–water partition coefficient (Wildman–Crippen LogP) is 4.51. The van der Waals surface area contributed by atoms with Crippen LogP contribution in [0.4, 0.5) is 5.69 Å². The predicted molar refractivity (Wildman–Crippen MR) is 164 cm³/mol. The summed E-state index contributed by atoms with van der Waals surface area (Å²) < 4.78 is -0.934. The van der Waals surface area contributed by atoms with E-state index in [2.05, 4.69) is 22.5 Å². The Balaban J connectivity index is 1.47. The van der Waals surface area contributed by atoms with Crippen LogP contribution in [0.3, 0.4) is 0 Å². The Hall–Kier alpha value is -3.14. The van der Waals surface area contributed by atoms with Gasteiger partial charge in [-0.1, -0.05) is 82.7 Å². The van der Waals surface area contributed by atoms with E-state index in [9.17, 15) is 24.6 Å². The number of carboxylic acid groups (broad SMARTS) is 1. The molecule has 7 atom stereocenters. The highest BCUT2D eigenvalue weighted by Gasteiger charge is 2.76. The molecular weight excluding hydrogens is 604 g/mol. The van der Waals surface area contributed by atoms with Crippen molar-refractivity contribution in [2.45, 2.75) is 39.7 Å². The summed E-state index contributed by atoms with van der Waals surface area (Å²) in [5.41, 5.74) is 1.59. The van der Waals surface area contributed by atoms with Gasteiger partial charge >= 0.3 is 5.97 Å². The number of carbonyl (C=O) groups excluding carboxylic acids is 2. The Kier molecular flexibility index (Phi) is 7.46. The summed E-state index contributed by atoms with van der Waals surface area (Å²) >= 11 is 5.16. The Morgan fingerprint density at radius 3 is 2.51 bits per heavy atom. The zero-order valence-electron chi connectivity index (χ0n) is 22.3. The van der Waals surface area contributed by atoms with E-state index in [1.807, 2.05) is 72.8 Å². The van der Waals surface area contributed by atoms with Gasteiger partial charge in [-0.25, -0.2) is 0 Å². The van der Waals surface area contributed by atoms with Gasteiger partial charge in [0.1, 0.15) is 6.04 Å². The summed E-state index contributed by atoms with van der Waals surface area (Å²) in [6, 6.07) is 21.6. The van der Waals surface area contributed by atoms with Crippen molar-refractivity contribution in [3.8, 4) is 0 Å². The first-order valence-electron chi connectivity index (χ1n) is 13.7. The topological polar surface area (TPSA) is 98.2 Å². The fourth-order valence-electron chi connectivity index (χ4n) is 7.10. The largest absolute Gasteiger partial charge is 0.481 e. The standard InChI is InChI=1S/C32H31BrN2O5S/c1-2-14-34(22-13-12-20-10-6-7-11-21(20)16-22)30(38)28-32-17-24(33)27(41-32)25(31(39)40)26(32)29(37)35(28)23(18-36)15-19-8-4-3-5-9-19/h2-13,16,23-28,36H,1,14-15,17-18H2,(H,39,40)/t23-,24?,25-,26+,27-,28?,32?/m1/s1. The van der Waals surface area contributed by atoms with E-state index in [0.717, 1.165) is 16.3 Å². The lowest BCUT2D eigenvalue weighted by Gasteiger charge is -2.40. The van der Waals surface area contributed by atoms with Crippen LogP contribution in [0, 0.1) is 11.8 Å². The number of aliphatic carboxylic acids is 1. The highest BCUT2D eigenvalue weighted by molar-refractivity contribution is 9.09. The van der Waals surface area contributed by atoms with Crippen molar-refractivity contribution in [2.24, 2.45) is 11.8 Å². The third-order valence-corrected chi connectivity index (χ3v) is 12.0. The maximum absolute atomic E-state index is 14.8. The summed E-state index contributed by atoms with van der Waals surface area (Å²) in [4.78, 5) is 44.7. The molecule has 2 bridgehead atoms. The van der Waals surface area contributed by atoms with Crippen LogP contribution in [0.2, 0.25) is 0 Å². The number of halogens is 1. The summed E-state index contributed by atoms with van der Waals surface area (Å²) in [6.45, 7) is 3.76. The smallest absolute Gasteiger partial charge is 0.308 e. The molecule has 3 aliphatic rings. The van der Waals surface area contributed by atoms with Gasteiger partial charge in [-0.15, -0.1) is 18.3 Å². The second kappa shape index (κ2) is 10.9. The molecule has 0 aliphatic carbocycles. The molecule has 3 unspecified atom stereocenters. The number of nitrogens with zero attached hydrogens (tertiary/aromatic N) is 2. The van der Waals surface area contributed by atoms with Crippen LogP contribution in [0.25, 0.3) is 10.8 Å². The number of hydrogen-bond donors (Lipinski definition) is 2. The number of aliphatic hydroxyl groups excluding tert-OH is 1. The van der Waals surface area contributed by atoms with Gasteiger partial charge in [-0.05, 0) is 41.3 Å². The van der Waals surface area contributed by atoms with Crippen molar-refractivity contribution in [1.29, 1.82) is 0 Å². The van der Waals surface area contributed by atoms with Crippen molar-refractivity contribution >= 4 is 61.9 Å². The average Bonchev–Trinajstić information content (AvgIpc) is 3.58. The number of alkyl halides is 1. The van der Waals surface area contributed by atoms with Crippen LogP contribution in [0.1, 0.15) is 12.0 Å². The summed E-state index contributed by atoms with van der Waals surface area (Å²) in [7, 11) is 0. The molecule has 0 radical (unpaired) electrons. The van der Waals surface area contributed by atoms with Crippen LogP contribution >= 0.6 is 27.7 Å². The fourth-order valence-corrected chi connectivity index (χ4v) is 10.7. The maximum Gasteiger partial charge on any atom is 0.308 e. The highest BCUT2D eigenvalue weighted by Crippen LogP contribution is 2.68. The van der Waals surface area contributed by atoms with Gasteiger partial charge in [-0.3, -0.25) is 14.4 Å². The van der Waals surface area contributed by atoms with E-state index < -0.39 is 34.6 Å². The summed E-state index contributed by atoms with van der Waals surface area (Å²) in [5.74, 6) is -3.46. The monoisotopic (exact) mass is 634 g/mol. The number of rotatable bonds is 9. The summed E-state index contributed by atoms with van der Waals surface area (Å²) in [5, 5.41) is 22.6. The molecule has 212 valence electrons. The lowest BCUT2D eigenvalue weighted by atomic mass is 9.71. The average molecular weight is 636 g/mol. The fraction of sp³-hybridized carbons (Fsp3) is 0.344. The highest BCUT2D eigenvalue weighted by atomic mass is 79.9. The number of benzene rings is 3. The van der Waals surface area contributed by atoms with E-state index in [1.165, 1.54) is 16.7 Å². The number of amides is 2. The molecule has 2 N–H and O–H groups in total. The zero-order valence-corrected chi connectivity index (χ0v) is 24.7. The second-order valence-electron chi connectivity index (χ2n) is 11.0. The minimum atomic E-state index is -1.03. The third kappa shape index (κ3) is 4.49. The molecule has 3 fully saturated rings. The van der Waals surface area contributed by atoms with Crippen LogP contribution in [0.5, 0.6) is 0 Å². The molecule has 3 heterocycles. The van der Waals surface area contributed by atoms with Gasteiger partial charge < -0.3 is 20.0 Å². The Morgan fingerprint density at radius 2 is 1.83 bits per heavy atom. The van der Waals surface area contributed by atoms with Gasteiger partial charge in [0.2, 0.25) is 5.91 Å². The molecule has 0 saturated carbocycles. The van der Waals surface area contributed by atoms with E-state index in [-0.39, 0.29) is 35.0 Å². The third-order valence-electron chi connectivity index (χ3n) is 8.79. The number of carboxylic acids is 1. The molecule has 3 aromatic rings. The minimum Gasteiger partial charge on any atom is -0.481 e. The van der Waals surface area contributed by atoms with Crippen molar-refractivity contribution < 1.29 is 24.6 Å². The van der Waals surface area contributed by atoms with Gasteiger partial charge in [-0.2, -0.15) is 0 Å². The molecule has 3 aliphatic heterocycles. The van der Waals surface area contributed by atoms with Crippen LogP contribution < -0.4 is 4.90 Å². The number of carbonyl (C=O) groups is 3. The van der Waals surface area contributed by atoms with Crippen molar-refractivity contribution in [3.05, 3.63) is 91.0 Å². The second-order valence-corrected chi connectivity index (χ2v) is 13.8. The molecule has 2 amide bonds. The molecule has 7 nitrogen and oxygen atoms in total. The molecule has 1 spiro atoms. The lowest BCUT2D eigenvalue weighted by Crippen LogP contribution is -2.58. The number of thioether (sulfide) groups is 1. The number of aliphatic hydroxyl groups is 1. The maximum atomic E-state index is 14.8. The number of hydrogen-bond acceptors (Lipinski definition) is 5. The molecular formula is C32H31BrN2O5S. The minimum absolute atomic E-state index is 0.150. The Morgan fingerprint density at radius 1 is 1.12 bits per heavy atom. The van der Waals surface area contributed by atoms with Crippen molar-refractivity contribution in [2.75, 3.05) is 18.1 Å². The Bertz CT molecular complexity index is 1520. The van der Waals surface area contributed by atoms with Crippen molar-refractivity contribution in [3.63, 3.8) is 0 Å². The first-order chi connectivity index (χ1) is 19.8. The van der Waals surface area contributed by atoms with E-state index >= 15 is 0 Å². The SMILES string of the molecule is C=CCN(C(=O)C1N([C@@H](CO)Cc2ccccc2)C(=O)[C@@H]2[C@@H](C(=O)O)[C@@H]3SC12CC3Br)c1ccc2ccccc2c1. The van der Waals surface area contributed by atoms with Gasteiger partial charge in [0.05, 0.1) is 29.2 Å². The quantitative estimate of drug-likeness (QED) is 0.265. The lowest BCUT2D eigenvalue weighted by molar-refractivity contribution is -0.149. The number of fused-ring (bicyclic) bond motifs is 2. The molecule has 3 saturated heterocycles. The molecule has 3 aromatic carbocycles. The van der Waals surface area contributed by atoms with Crippen LogP contribution in [0.15, 0.2) is 85.5 Å².